The minimum Gasteiger partial charge on any atom is -0.403 e. The zero-order chi connectivity index (χ0) is 14.2. The molecule has 1 saturated heterocycles. The molecule has 0 N–H and O–H groups in total. The van der Waals surface area contributed by atoms with Gasteiger partial charge < -0.3 is 9.31 Å². The van der Waals surface area contributed by atoms with Gasteiger partial charge in [0.1, 0.15) is 0 Å². The molecule has 5 fully saturated rings. The van der Waals surface area contributed by atoms with Gasteiger partial charge in [-0.1, -0.05) is 25.7 Å². The third-order valence-electron chi connectivity index (χ3n) is 7.13. The third-order valence-corrected chi connectivity index (χ3v) is 7.13. The lowest BCUT2D eigenvalue weighted by atomic mass is 9.23. The van der Waals surface area contributed by atoms with Gasteiger partial charge in [-0.05, 0) is 64.7 Å². The van der Waals surface area contributed by atoms with E-state index in [1.54, 1.807) is 0 Å². The molecule has 20 heavy (non-hydrogen) atoms. The predicted molar refractivity (Wildman–Crippen MR) is 81.6 cm³/mol. The van der Waals surface area contributed by atoms with Crippen molar-refractivity contribution in [1.29, 1.82) is 0 Å². The zero-order valence-corrected chi connectivity index (χ0v) is 13.6. The van der Waals surface area contributed by atoms with Crippen molar-refractivity contribution in [2.24, 2.45) is 11.3 Å². The molecule has 1 aliphatic heterocycles. The summed E-state index contributed by atoms with van der Waals surface area (Å²) < 4.78 is 12.6. The Kier molecular flexibility index (Phi) is 2.62. The lowest BCUT2D eigenvalue weighted by Crippen LogP contribution is -2.64. The Labute approximate surface area is 124 Å². The molecule has 3 heteroatoms. The van der Waals surface area contributed by atoms with E-state index in [1.165, 1.54) is 51.4 Å². The van der Waals surface area contributed by atoms with Crippen molar-refractivity contribution in [3.05, 3.63) is 0 Å². The lowest BCUT2D eigenvalue weighted by molar-refractivity contribution is -0.124. The molecule has 5 aliphatic rings. The van der Waals surface area contributed by atoms with Crippen molar-refractivity contribution in [1.82, 2.24) is 0 Å². The molecule has 0 spiro atoms. The van der Waals surface area contributed by atoms with E-state index in [2.05, 4.69) is 27.7 Å². The van der Waals surface area contributed by atoms with E-state index in [9.17, 15) is 0 Å². The van der Waals surface area contributed by atoms with E-state index in [-0.39, 0.29) is 18.3 Å². The second-order valence-electron chi connectivity index (χ2n) is 9.34. The molecule has 2 bridgehead atoms. The van der Waals surface area contributed by atoms with E-state index in [4.69, 9.17) is 9.31 Å². The molecule has 112 valence electrons. The largest absolute Gasteiger partial charge is 0.464 e. The molecule has 0 atom stereocenters. The summed E-state index contributed by atoms with van der Waals surface area (Å²) in [7, 11) is 0.0537. The molecule has 0 aromatic heterocycles. The van der Waals surface area contributed by atoms with Gasteiger partial charge in [-0.3, -0.25) is 0 Å². The summed E-state index contributed by atoms with van der Waals surface area (Å²) in [6.07, 6.45) is 11.5. The Morgan fingerprint density at radius 1 is 0.900 bits per heavy atom. The minimum atomic E-state index is -0.161. The third kappa shape index (κ3) is 1.72. The van der Waals surface area contributed by atoms with Crippen LogP contribution in [0.2, 0.25) is 5.31 Å². The number of rotatable bonds is 3. The van der Waals surface area contributed by atoms with Crippen molar-refractivity contribution >= 4 is 7.12 Å². The van der Waals surface area contributed by atoms with Gasteiger partial charge in [0.05, 0.1) is 11.2 Å². The summed E-state index contributed by atoms with van der Waals surface area (Å²) >= 11 is 0. The smallest absolute Gasteiger partial charge is 0.403 e. The van der Waals surface area contributed by atoms with E-state index in [0.29, 0.717) is 10.7 Å². The second-order valence-corrected chi connectivity index (χ2v) is 9.34. The fraction of sp³-hybridized carbons (Fsp3) is 1.00. The van der Waals surface area contributed by atoms with E-state index in [1.807, 2.05) is 0 Å². The van der Waals surface area contributed by atoms with E-state index < -0.39 is 0 Å². The summed E-state index contributed by atoms with van der Waals surface area (Å²) in [5.74, 6) is 1.03. The molecule has 2 nitrogen and oxygen atoms in total. The van der Waals surface area contributed by atoms with Crippen LogP contribution in [0.15, 0.2) is 0 Å². The first-order chi connectivity index (χ1) is 9.26. The minimum absolute atomic E-state index is 0.0537. The fourth-order valence-corrected chi connectivity index (χ4v) is 5.47. The first-order valence-electron chi connectivity index (χ1n) is 8.62. The van der Waals surface area contributed by atoms with Crippen LogP contribution in [0.25, 0.3) is 0 Å². The maximum absolute atomic E-state index is 6.30. The van der Waals surface area contributed by atoms with Crippen LogP contribution in [0.1, 0.15) is 79.1 Å². The van der Waals surface area contributed by atoms with Crippen molar-refractivity contribution in [2.75, 3.05) is 0 Å². The predicted octanol–water partition coefficient (Wildman–Crippen LogP) is 4.58. The van der Waals surface area contributed by atoms with Crippen molar-refractivity contribution < 1.29 is 9.31 Å². The Hall–Kier alpha value is -0.0151. The highest BCUT2D eigenvalue weighted by Gasteiger charge is 2.76. The summed E-state index contributed by atoms with van der Waals surface area (Å²) in [5, 5.41) is 0.379. The SMILES string of the molecule is CC1(C)OB(C23CC(CC4CCCC4)(C2)C3)OC1(C)C. The van der Waals surface area contributed by atoms with Crippen LogP contribution < -0.4 is 0 Å². The highest BCUT2D eigenvalue weighted by molar-refractivity contribution is 6.51. The van der Waals surface area contributed by atoms with Crippen LogP contribution in [-0.4, -0.2) is 18.3 Å². The van der Waals surface area contributed by atoms with Crippen LogP contribution in [0, 0.1) is 11.3 Å². The van der Waals surface area contributed by atoms with Gasteiger partial charge in [-0.25, -0.2) is 0 Å². The standard InChI is InChI=1S/C17H29BO2/c1-14(2)15(3,4)20-18(19-14)17-10-16(11-17,12-17)9-13-7-5-6-8-13/h13H,5-12H2,1-4H3. The molecule has 0 aromatic carbocycles. The summed E-state index contributed by atoms with van der Waals surface area (Å²) in [6.45, 7) is 8.69. The van der Waals surface area contributed by atoms with Gasteiger partial charge in [0.2, 0.25) is 0 Å². The van der Waals surface area contributed by atoms with Gasteiger partial charge in [-0.2, -0.15) is 0 Å². The Morgan fingerprint density at radius 3 is 1.90 bits per heavy atom. The zero-order valence-electron chi connectivity index (χ0n) is 13.6. The van der Waals surface area contributed by atoms with Crippen LogP contribution in [0.3, 0.4) is 0 Å². The molecule has 0 amide bonds. The average molecular weight is 276 g/mol. The Bertz CT molecular complexity index is 387. The second kappa shape index (κ2) is 3.84. The van der Waals surface area contributed by atoms with Crippen LogP contribution >= 0.6 is 0 Å². The van der Waals surface area contributed by atoms with E-state index >= 15 is 0 Å². The molecule has 0 radical (unpaired) electrons. The topological polar surface area (TPSA) is 18.5 Å². The van der Waals surface area contributed by atoms with Gasteiger partial charge in [0.15, 0.2) is 0 Å². The molecule has 5 rings (SSSR count). The van der Waals surface area contributed by atoms with Crippen LogP contribution in [0.4, 0.5) is 0 Å². The van der Waals surface area contributed by atoms with Crippen molar-refractivity contribution in [3.8, 4) is 0 Å². The molecule has 1 heterocycles. The van der Waals surface area contributed by atoms with Crippen LogP contribution in [0.5, 0.6) is 0 Å². The van der Waals surface area contributed by atoms with Gasteiger partial charge in [0, 0.05) is 5.31 Å². The normalized spacial score (nSPS) is 45.3. The highest BCUT2D eigenvalue weighted by Crippen LogP contribution is 2.82. The van der Waals surface area contributed by atoms with Gasteiger partial charge >= 0.3 is 7.12 Å². The van der Waals surface area contributed by atoms with Crippen molar-refractivity contribution in [2.45, 2.75) is 95.6 Å². The summed E-state index contributed by atoms with van der Waals surface area (Å²) in [5.41, 5.74) is 0.371. The summed E-state index contributed by atoms with van der Waals surface area (Å²) in [4.78, 5) is 0. The quantitative estimate of drug-likeness (QED) is 0.702. The van der Waals surface area contributed by atoms with Crippen molar-refractivity contribution in [3.63, 3.8) is 0 Å². The first kappa shape index (κ1) is 13.6. The van der Waals surface area contributed by atoms with Gasteiger partial charge in [0.25, 0.3) is 0 Å². The van der Waals surface area contributed by atoms with E-state index in [0.717, 1.165) is 5.92 Å². The average Bonchev–Trinajstić information content (AvgIpc) is 2.77. The fourth-order valence-electron chi connectivity index (χ4n) is 5.47. The Morgan fingerprint density at radius 2 is 1.40 bits per heavy atom. The van der Waals surface area contributed by atoms with Crippen LogP contribution in [-0.2, 0) is 9.31 Å². The molecular weight excluding hydrogens is 247 g/mol. The molecular formula is C17H29BO2. The molecule has 4 saturated carbocycles. The number of hydrogen-bond acceptors (Lipinski definition) is 2. The van der Waals surface area contributed by atoms with Gasteiger partial charge in [-0.15, -0.1) is 0 Å². The highest BCUT2D eigenvalue weighted by atomic mass is 16.7. The monoisotopic (exact) mass is 276 g/mol. The molecule has 0 unspecified atom stereocenters. The molecule has 4 aliphatic carbocycles. The maximum atomic E-state index is 6.30. The Balaban J connectivity index is 1.38. The first-order valence-corrected chi connectivity index (χ1v) is 8.62. The molecule has 0 aromatic rings. The lowest BCUT2D eigenvalue weighted by Gasteiger charge is -2.72. The summed E-state index contributed by atoms with van der Waals surface area (Å²) in [6, 6.07) is 0. The number of hydrogen-bond donors (Lipinski definition) is 0. The maximum Gasteiger partial charge on any atom is 0.464 e.